The van der Waals surface area contributed by atoms with Crippen LogP contribution in [0, 0.1) is 0 Å². The summed E-state index contributed by atoms with van der Waals surface area (Å²) < 4.78 is 36.9. The summed E-state index contributed by atoms with van der Waals surface area (Å²) in [6, 6.07) is 9.21. The highest BCUT2D eigenvalue weighted by molar-refractivity contribution is 7.89. The predicted octanol–water partition coefficient (Wildman–Crippen LogP) is 0.796. The van der Waals surface area contributed by atoms with Crippen LogP contribution in [0.5, 0.6) is 5.75 Å². The van der Waals surface area contributed by atoms with Crippen LogP contribution in [0.4, 0.5) is 5.69 Å². The Morgan fingerprint density at radius 2 is 2.03 bits per heavy atom. The van der Waals surface area contributed by atoms with Gasteiger partial charge >= 0.3 is 5.76 Å². The van der Waals surface area contributed by atoms with Crippen molar-refractivity contribution in [3.63, 3.8) is 0 Å². The van der Waals surface area contributed by atoms with Gasteiger partial charge in [0.25, 0.3) is 0 Å². The topological polar surface area (TPSA) is 137 Å². The first-order valence-corrected chi connectivity index (χ1v) is 10.1. The van der Waals surface area contributed by atoms with Gasteiger partial charge in [0.15, 0.2) is 0 Å². The second kappa shape index (κ2) is 8.47. The van der Waals surface area contributed by atoms with E-state index in [0.29, 0.717) is 5.69 Å². The summed E-state index contributed by atoms with van der Waals surface area (Å²) in [6.07, 6.45) is 1.52. The zero-order chi connectivity index (χ0) is 21.9. The maximum Gasteiger partial charge on any atom is 0.442 e. The van der Waals surface area contributed by atoms with Crippen LogP contribution >= 0.6 is 0 Å². The summed E-state index contributed by atoms with van der Waals surface area (Å²) >= 11 is 0. The molecule has 11 nitrogen and oxygen atoms in total. The first kappa shape index (κ1) is 21.2. The summed E-state index contributed by atoms with van der Waals surface area (Å²) in [5, 5.41) is 6.23. The molecule has 0 saturated carbocycles. The smallest absolute Gasteiger partial charge is 0.442 e. The van der Waals surface area contributed by atoms with Crippen molar-refractivity contribution in [3.05, 3.63) is 53.1 Å². The van der Waals surface area contributed by atoms with E-state index in [-0.39, 0.29) is 22.2 Å². The van der Waals surface area contributed by atoms with Crippen LogP contribution in [0.3, 0.4) is 0 Å². The van der Waals surface area contributed by atoms with E-state index >= 15 is 0 Å². The third kappa shape index (κ3) is 4.23. The molecular formula is C18H19N5O6S. The van der Waals surface area contributed by atoms with Crippen molar-refractivity contribution in [1.29, 1.82) is 0 Å². The Kier molecular flexibility index (Phi) is 5.99. The number of nitrogens with one attached hydrogen (secondary N) is 1. The molecule has 0 fully saturated rings. The van der Waals surface area contributed by atoms with E-state index in [1.807, 2.05) is 0 Å². The quantitative estimate of drug-likeness (QED) is 0.578. The molecule has 0 unspecified atom stereocenters. The number of nitrogens with zero attached hydrogens (tertiary/aromatic N) is 4. The minimum absolute atomic E-state index is 0.0985. The average molecular weight is 433 g/mol. The van der Waals surface area contributed by atoms with E-state index in [2.05, 4.69) is 20.0 Å². The van der Waals surface area contributed by atoms with Gasteiger partial charge in [-0.25, -0.2) is 22.1 Å². The second-order valence-electron chi connectivity index (χ2n) is 6.27. The molecule has 3 rings (SSSR count). The Morgan fingerprint density at radius 3 is 2.67 bits per heavy atom. The van der Waals surface area contributed by atoms with Gasteiger partial charge in [-0.15, -0.1) is 0 Å². The molecule has 2 aromatic heterocycles. The number of aromatic nitrogens is 3. The largest absolute Gasteiger partial charge is 0.495 e. The van der Waals surface area contributed by atoms with Gasteiger partial charge in [-0.3, -0.25) is 14.3 Å². The first-order chi connectivity index (χ1) is 14.2. The number of methoxy groups -OCH3 is 1. The van der Waals surface area contributed by atoms with Crippen LogP contribution in [-0.2, 0) is 21.4 Å². The lowest BCUT2D eigenvalue weighted by Gasteiger charge is -2.16. The fourth-order valence-corrected chi connectivity index (χ4v) is 3.66. The lowest BCUT2D eigenvalue weighted by Crippen LogP contribution is -2.26. The number of rotatable bonds is 7. The average Bonchev–Trinajstić information content (AvgIpc) is 3.08. The molecule has 0 radical (unpaired) electrons. The molecule has 0 atom stereocenters. The highest BCUT2D eigenvalue weighted by Gasteiger charge is 2.23. The lowest BCUT2D eigenvalue weighted by atomic mass is 10.3. The Balaban J connectivity index is 1.87. The minimum Gasteiger partial charge on any atom is -0.495 e. The number of sulfonamides is 1. The van der Waals surface area contributed by atoms with Gasteiger partial charge in [0.1, 0.15) is 22.9 Å². The zero-order valence-corrected chi connectivity index (χ0v) is 17.2. The van der Waals surface area contributed by atoms with Crippen LogP contribution in [0.2, 0.25) is 0 Å². The molecule has 0 bridgehead atoms. The second-order valence-corrected chi connectivity index (χ2v) is 8.39. The Labute approximate surface area is 171 Å². The van der Waals surface area contributed by atoms with E-state index in [9.17, 15) is 18.0 Å². The Hall–Kier alpha value is -3.51. The van der Waals surface area contributed by atoms with Crippen LogP contribution in [-0.4, -0.2) is 54.5 Å². The molecule has 158 valence electrons. The van der Waals surface area contributed by atoms with Gasteiger partial charge < -0.3 is 10.1 Å². The molecule has 0 saturated heterocycles. The molecule has 1 aromatic carbocycles. The van der Waals surface area contributed by atoms with E-state index in [1.54, 1.807) is 18.2 Å². The van der Waals surface area contributed by atoms with Gasteiger partial charge in [-0.05, 0) is 30.3 Å². The monoisotopic (exact) mass is 433 g/mol. The highest BCUT2D eigenvalue weighted by atomic mass is 32.2. The third-order valence-electron chi connectivity index (χ3n) is 4.09. The number of carbonyl (C=O) groups excluding carboxylic acids is 1. The number of amides is 1. The van der Waals surface area contributed by atoms with Gasteiger partial charge in [-0.2, -0.15) is 0 Å². The van der Waals surface area contributed by atoms with E-state index < -0.39 is 28.2 Å². The number of pyridine rings is 1. The number of hydrogen-bond acceptors (Lipinski definition) is 8. The van der Waals surface area contributed by atoms with E-state index in [1.165, 1.54) is 45.6 Å². The van der Waals surface area contributed by atoms with Crippen LogP contribution in [0.25, 0.3) is 11.5 Å². The molecule has 0 spiro atoms. The molecule has 0 aliphatic carbocycles. The van der Waals surface area contributed by atoms with Crippen molar-refractivity contribution in [2.75, 3.05) is 26.5 Å². The van der Waals surface area contributed by atoms with Crippen LogP contribution < -0.4 is 15.8 Å². The maximum absolute atomic E-state index is 12.5. The van der Waals surface area contributed by atoms with Crippen molar-refractivity contribution in [1.82, 2.24) is 19.0 Å². The molecule has 0 aliphatic heterocycles. The standard InChI is InChI=1S/C18H19N5O6S/c1-22(2)30(26,27)15-10-12(7-8-14(15)28-3)20-16(24)11-23-17(21-29-18(23)25)13-6-4-5-9-19-13/h4-10H,11H2,1-3H3,(H,20,24). The summed E-state index contributed by atoms with van der Waals surface area (Å²) in [5.41, 5.74) is 0.574. The fraction of sp³-hybridized carbons (Fsp3) is 0.222. The van der Waals surface area contributed by atoms with E-state index in [0.717, 1.165) is 8.87 Å². The molecule has 0 aliphatic rings. The normalized spacial score (nSPS) is 11.5. The Bertz CT molecular complexity index is 1220. The molecule has 2 heterocycles. The fourth-order valence-electron chi connectivity index (χ4n) is 2.58. The number of carbonyl (C=O) groups is 1. The minimum atomic E-state index is -3.81. The van der Waals surface area contributed by atoms with Crippen LogP contribution in [0.15, 0.2) is 56.8 Å². The van der Waals surface area contributed by atoms with Crippen molar-refractivity contribution < 1.29 is 22.5 Å². The zero-order valence-electron chi connectivity index (χ0n) is 16.4. The van der Waals surface area contributed by atoms with Crippen molar-refractivity contribution >= 4 is 21.6 Å². The number of hydrogen-bond donors (Lipinski definition) is 1. The summed E-state index contributed by atoms with van der Waals surface area (Å²) in [6.45, 7) is -0.407. The Morgan fingerprint density at radius 1 is 1.27 bits per heavy atom. The lowest BCUT2D eigenvalue weighted by molar-refractivity contribution is -0.116. The maximum atomic E-state index is 12.5. The third-order valence-corrected chi connectivity index (χ3v) is 5.92. The summed E-state index contributed by atoms with van der Waals surface area (Å²) in [4.78, 5) is 28.5. The number of anilines is 1. The van der Waals surface area contributed by atoms with Gasteiger partial charge in [-0.1, -0.05) is 11.2 Å². The molecular weight excluding hydrogens is 414 g/mol. The first-order valence-electron chi connectivity index (χ1n) is 8.62. The van der Waals surface area contributed by atoms with Crippen molar-refractivity contribution in [3.8, 4) is 17.3 Å². The van der Waals surface area contributed by atoms with Crippen molar-refractivity contribution in [2.24, 2.45) is 0 Å². The summed E-state index contributed by atoms with van der Waals surface area (Å²) in [7, 11) is 0.311. The van der Waals surface area contributed by atoms with Gasteiger partial charge in [0.2, 0.25) is 21.8 Å². The summed E-state index contributed by atoms with van der Waals surface area (Å²) in [5.74, 6) is -1.18. The van der Waals surface area contributed by atoms with Crippen LogP contribution in [0.1, 0.15) is 0 Å². The predicted molar refractivity (Wildman–Crippen MR) is 106 cm³/mol. The molecule has 30 heavy (non-hydrogen) atoms. The highest BCUT2D eigenvalue weighted by Crippen LogP contribution is 2.28. The molecule has 12 heteroatoms. The van der Waals surface area contributed by atoms with Crippen molar-refractivity contribution in [2.45, 2.75) is 11.4 Å². The van der Waals surface area contributed by atoms with Gasteiger partial charge in [0, 0.05) is 26.0 Å². The molecule has 3 aromatic rings. The van der Waals surface area contributed by atoms with E-state index in [4.69, 9.17) is 4.74 Å². The SMILES string of the molecule is COc1ccc(NC(=O)Cn2c(-c3ccccn3)noc2=O)cc1S(=O)(=O)N(C)C. The molecule has 1 N–H and O–H groups in total. The van der Waals surface area contributed by atoms with Gasteiger partial charge in [0.05, 0.1) is 7.11 Å². The molecule has 1 amide bonds. The number of benzene rings is 1. The number of ether oxygens (including phenoxy) is 1.